The van der Waals surface area contributed by atoms with E-state index in [1.807, 2.05) is 0 Å². The zero-order valence-corrected chi connectivity index (χ0v) is 16.4. The summed E-state index contributed by atoms with van der Waals surface area (Å²) in [4.78, 5) is 24.1. The number of carbonyl (C=O) groups is 2. The van der Waals surface area contributed by atoms with Crippen molar-refractivity contribution in [1.29, 1.82) is 0 Å². The lowest BCUT2D eigenvalue weighted by molar-refractivity contribution is -0.142. The molecule has 1 N–H and O–H groups in total. The maximum absolute atomic E-state index is 12.8. The summed E-state index contributed by atoms with van der Waals surface area (Å²) in [6.07, 6.45) is 1.52. The molecule has 9 heteroatoms. The Morgan fingerprint density at radius 1 is 1.00 bits per heavy atom. The first-order valence-electron chi connectivity index (χ1n) is 9.22. The van der Waals surface area contributed by atoms with E-state index in [9.17, 15) is 9.59 Å². The molecule has 0 saturated carbocycles. The Balaban J connectivity index is 1.51. The van der Waals surface area contributed by atoms with Gasteiger partial charge in [0.1, 0.15) is 5.75 Å². The number of aromatic nitrogens is 2. The van der Waals surface area contributed by atoms with Gasteiger partial charge >= 0.3 is 5.97 Å². The average molecular weight is 419 g/mol. The fraction of sp³-hybridized carbons (Fsp3) is 0.0909. The Labute approximate surface area is 176 Å². The van der Waals surface area contributed by atoms with E-state index < -0.39 is 11.9 Å². The highest BCUT2D eigenvalue weighted by Crippen LogP contribution is 2.26. The average Bonchev–Trinajstić information content (AvgIpc) is 3.50. The van der Waals surface area contributed by atoms with E-state index >= 15 is 0 Å². The van der Waals surface area contributed by atoms with Crippen molar-refractivity contribution in [3.05, 3.63) is 72.5 Å². The molecule has 0 saturated heterocycles. The van der Waals surface area contributed by atoms with Gasteiger partial charge in [-0.3, -0.25) is 4.79 Å². The van der Waals surface area contributed by atoms with E-state index in [1.54, 1.807) is 60.7 Å². The molecule has 0 spiro atoms. The van der Waals surface area contributed by atoms with Crippen LogP contribution in [0, 0.1) is 0 Å². The number of hydrogen-bond acceptors (Lipinski definition) is 8. The first kappa shape index (κ1) is 19.9. The number of para-hydroxylation sites is 1. The third kappa shape index (κ3) is 4.61. The van der Waals surface area contributed by atoms with Crippen molar-refractivity contribution in [2.45, 2.75) is 0 Å². The lowest BCUT2D eigenvalue weighted by Gasteiger charge is -2.11. The summed E-state index contributed by atoms with van der Waals surface area (Å²) in [6.45, 7) is -0.300. The standard InChI is InChI=1S/C22H17N3O6/c1-28-19(26)13-30-17-9-3-2-8-16(17)20(27)23-15-7-4-6-14(12-15)21-24-25-22(31-21)18-10-5-11-29-18/h2-12H,13H2,1H3,(H,23,27). The molecule has 0 aliphatic carbocycles. The number of benzene rings is 2. The molecule has 156 valence electrons. The van der Waals surface area contributed by atoms with Gasteiger partial charge in [-0.2, -0.15) is 0 Å². The predicted molar refractivity (Wildman–Crippen MR) is 109 cm³/mol. The lowest BCUT2D eigenvalue weighted by Crippen LogP contribution is -2.17. The highest BCUT2D eigenvalue weighted by atomic mass is 16.6. The summed E-state index contributed by atoms with van der Waals surface area (Å²) in [5, 5.41) is 10.8. The highest BCUT2D eigenvalue weighted by Gasteiger charge is 2.16. The quantitative estimate of drug-likeness (QED) is 0.450. The number of esters is 1. The fourth-order valence-corrected chi connectivity index (χ4v) is 2.74. The van der Waals surface area contributed by atoms with Crippen LogP contribution in [0.1, 0.15) is 10.4 Å². The molecule has 2 aromatic carbocycles. The van der Waals surface area contributed by atoms with E-state index in [-0.39, 0.29) is 29.7 Å². The molecule has 0 bridgehead atoms. The van der Waals surface area contributed by atoms with Crippen LogP contribution in [0.5, 0.6) is 5.75 Å². The summed E-state index contributed by atoms with van der Waals surface area (Å²) in [5.74, 6) is 0.319. The molecule has 0 aliphatic heterocycles. The zero-order chi connectivity index (χ0) is 21.6. The van der Waals surface area contributed by atoms with Crippen LogP contribution in [-0.4, -0.2) is 35.8 Å². The van der Waals surface area contributed by atoms with Crippen LogP contribution in [0.15, 0.2) is 75.8 Å². The van der Waals surface area contributed by atoms with E-state index in [0.717, 1.165) is 0 Å². The molecule has 4 aromatic rings. The second kappa shape index (κ2) is 8.95. The smallest absolute Gasteiger partial charge is 0.343 e. The monoisotopic (exact) mass is 419 g/mol. The number of carbonyl (C=O) groups excluding carboxylic acids is 2. The molecule has 31 heavy (non-hydrogen) atoms. The molecule has 0 aliphatic rings. The number of rotatable bonds is 7. The minimum Gasteiger partial charge on any atom is -0.481 e. The molecular weight excluding hydrogens is 402 g/mol. The first-order chi connectivity index (χ1) is 15.1. The maximum atomic E-state index is 12.8. The normalized spacial score (nSPS) is 10.5. The van der Waals surface area contributed by atoms with Crippen molar-refractivity contribution in [3.63, 3.8) is 0 Å². The van der Waals surface area contributed by atoms with Gasteiger partial charge in [-0.1, -0.05) is 18.2 Å². The second-order valence-electron chi connectivity index (χ2n) is 6.29. The SMILES string of the molecule is COC(=O)COc1ccccc1C(=O)Nc1cccc(-c2nnc(-c3ccco3)o2)c1. The van der Waals surface area contributed by atoms with Gasteiger partial charge in [0.2, 0.25) is 5.89 Å². The van der Waals surface area contributed by atoms with Gasteiger partial charge < -0.3 is 23.6 Å². The first-order valence-corrected chi connectivity index (χ1v) is 9.22. The van der Waals surface area contributed by atoms with Crippen LogP contribution in [-0.2, 0) is 9.53 Å². The number of amides is 1. The molecule has 2 aromatic heterocycles. The Kier molecular flexibility index (Phi) is 5.75. The highest BCUT2D eigenvalue weighted by molar-refractivity contribution is 6.06. The maximum Gasteiger partial charge on any atom is 0.343 e. The summed E-state index contributed by atoms with van der Waals surface area (Å²) < 4.78 is 20.9. The van der Waals surface area contributed by atoms with E-state index in [2.05, 4.69) is 20.3 Å². The van der Waals surface area contributed by atoms with Crippen LogP contribution < -0.4 is 10.1 Å². The summed E-state index contributed by atoms with van der Waals surface area (Å²) >= 11 is 0. The number of hydrogen-bond donors (Lipinski definition) is 1. The van der Waals surface area contributed by atoms with Gasteiger partial charge in [0.25, 0.3) is 11.8 Å². The fourth-order valence-electron chi connectivity index (χ4n) is 2.74. The number of furan rings is 1. The molecule has 9 nitrogen and oxygen atoms in total. The minimum atomic E-state index is -0.545. The Morgan fingerprint density at radius 3 is 2.65 bits per heavy atom. The van der Waals surface area contributed by atoms with Crippen molar-refractivity contribution < 1.29 is 27.9 Å². The topological polar surface area (TPSA) is 117 Å². The van der Waals surface area contributed by atoms with Crippen LogP contribution in [0.2, 0.25) is 0 Å². The van der Waals surface area contributed by atoms with Crippen LogP contribution in [0.4, 0.5) is 5.69 Å². The van der Waals surface area contributed by atoms with Crippen molar-refractivity contribution in [2.24, 2.45) is 0 Å². The van der Waals surface area contributed by atoms with Crippen molar-refractivity contribution in [2.75, 3.05) is 19.0 Å². The number of nitrogens with zero attached hydrogens (tertiary/aromatic N) is 2. The number of nitrogens with one attached hydrogen (secondary N) is 1. The molecule has 1 amide bonds. The van der Waals surface area contributed by atoms with Crippen molar-refractivity contribution in [1.82, 2.24) is 10.2 Å². The minimum absolute atomic E-state index is 0.256. The molecular formula is C22H17N3O6. The Morgan fingerprint density at radius 2 is 1.84 bits per heavy atom. The van der Waals surface area contributed by atoms with E-state index in [1.165, 1.54) is 13.4 Å². The molecule has 0 fully saturated rings. The van der Waals surface area contributed by atoms with Gasteiger partial charge in [0.15, 0.2) is 12.4 Å². The molecule has 0 atom stereocenters. The van der Waals surface area contributed by atoms with Gasteiger partial charge in [0.05, 0.1) is 18.9 Å². The predicted octanol–water partition coefficient (Wildman–Crippen LogP) is 3.80. The van der Waals surface area contributed by atoms with Crippen molar-refractivity contribution in [3.8, 4) is 28.9 Å². The van der Waals surface area contributed by atoms with Crippen LogP contribution >= 0.6 is 0 Å². The summed E-state index contributed by atoms with van der Waals surface area (Å²) in [6, 6.07) is 17.0. The molecule has 0 unspecified atom stereocenters. The molecule has 0 radical (unpaired) electrons. The van der Waals surface area contributed by atoms with E-state index in [4.69, 9.17) is 13.6 Å². The zero-order valence-electron chi connectivity index (χ0n) is 16.4. The van der Waals surface area contributed by atoms with Crippen LogP contribution in [0.25, 0.3) is 23.1 Å². The number of methoxy groups -OCH3 is 1. The Bertz CT molecular complexity index is 1200. The van der Waals surface area contributed by atoms with Gasteiger partial charge in [-0.15, -0.1) is 10.2 Å². The number of ether oxygens (including phenoxy) is 2. The van der Waals surface area contributed by atoms with Gasteiger partial charge in [-0.25, -0.2) is 4.79 Å². The summed E-state index contributed by atoms with van der Waals surface area (Å²) in [7, 11) is 1.26. The Hall–Kier alpha value is -4.40. The molecule has 4 rings (SSSR count). The third-order valence-corrected chi connectivity index (χ3v) is 4.23. The van der Waals surface area contributed by atoms with Crippen molar-refractivity contribution >= 4 is 17.6 Å². The largest absolute Gasteiger partial charge is 0.481 e. The number of anilines is 1. The van der Waals surface area contributed by atoms with Gasteiger partial charge in [0, 0.05) is 11.3 Å². The molecule has 2 heterocycles. The van der Waals surface area contributed by atoms with E-state index in [0.29, 0.717) is 17.0 Å². The van der Waals surface area contributed by atoms with Crippen LogP contribution in [0.3, 0.4) is 0 Å². The summed E-state index contributed by atoms with van der Waals surface area (Å²) in [5.41, 5.74) is 1.41. The third-order valence-electron chi connectivity index (χ3n) is 4.23. The lowest BCUT2D eigenvalue weighted by atomic mass is 10.1. The van der Waals surface area contributed by atoms with Gasteiger partial charge in [-0.05, 0) is 42.5 Å². The second-order valence-corrected chi connectivity index (χ2v) is 6.29.